The molecule has 0 radical (unpaired) electrons. The van der Waals surface area contributed by atoms with Gasteiger partial charge in [-0.05, 0) is 49.3 Å². The second-order valence-electron chi connectivity index (χ2n) is 7.21. The van der Waals surface area contributed by atoms with Crippen molar-refractivity contribution in [3.8, 4) is 0 Å². The topological polar surface area (TPSA) is 54.1 Å². The minimum Gasteiger partial charge on any atom is -0.494 e. The van der Waals surface area contributed by atoms with Crippen molar-refractivity contribution in [2.24, 2.45) is 0 Å². The van der Waals surface area contributed by atoms with Crippen LogP contribution in [0.2, 0.25) is 0 Å². The number of aromatic nitrogens is 1. The third-order valence-electron chi connectivity index (χ3n) is 5.34. The number of hydrogen-bond acceptors (Lipinski definition) is 2. The highest BCUT2D eigenvalue weighted by atomic mass is 16.5. The Morgan fingerprint density at radius 3 is 2.92 bits per heavy atom. The molecule has 1 aromatic heterocycles. The summed E-state index contributed by atoms with van der Waals surface area (Å²) in [6, 6.07) is 2.30. The first-order chi connectivity index (χ1) is 12.2. The summed E-state index contributed by atoms with van der Waals surface area (Å²) in [6.45, 7) is 2.27. The Morgan fingerprint density at radius 2 is 2.12 bits per heavy atom. The zero-order chi connectivity index (χ0) is 17.6. The molecule has 0 bridgehead atoms. The fourth-order valence-corrected chi connectivity index (χ4v) is 4.00. The summed E-state index contributed by atoms with van der Waals surface area (Å²) in [5.41, 5.74) is 4.69. The number of rotatable bonds is 5. The zero-order valence-electron chi connectivity index (χ0n) is 15.5. The molecule has 3 rings (SSSR count). The number of carbonyl (C=O) groups is 1. The van der Waals surface area contributed by atoms with Gasteiger partial charge in [-0.15, -0.1) is 0 Å². The second-order valence-corrected chi connectivity index (χ2v) is 7.21. The monoisotopic (exact) mass is 342 g/mol. The van der Waals surface area contributed by atoms with Gasteiger partial charge in [0.2, 0.25) is 0 Å². The second kappa shape index (κ2) is 8.41. The first-order valence-electron chi connectivity index (χ1n) is 9.71. The van der Waals surface area contributed by atoms with E-state index in [-0.39, 0.29) is 5.91 Å². The highest BCUT2D eigenvalue weighted by Gasteiger charge is 2.21. The molecule has 0 spiro atoms. The van der Waals surface area contributed by atoms with E-state index in [1.165, 1.54) is 68.7 Å². The van der Waals surface area contributed by atoms with Crippen molar-refractivity contribution in [3.63, 3.8) is 0 Å². The van der Waals surface area contributed by atoms with Crippen LogP contribution in [0.1, 0.15) is 81.2 Å². The van der Waals surface area contributed by atoms with Gasteiger partial charge in [0.1, 0.15) is 5.76 Å². The molecule has 1 atom stereocenters. The fourth-order valence-electron chi connectivity index (χ4n) is 4.00. The molecule has 25 heavy (non-hydrogen) atoms. The van der Waals surface area contributed by atoms with E-state index in [1.807, 2.05) is 6.08 Å². The highest BCUT2D eigenvalue weighted by Crippen LogP contribution is 2.34. The third-order valence-corrected chi connectivity index (χ3v) is 5.34. The standard InChI is InChI=1S/C21H30N2O2/c1-3-4-9-15-10-7-5-6-8-11-18-17(15)12-16(22-18)13-19-20(25-2)14-21(24)23-19/h12-15,22H,3-11H2,1-2H3,(H,23,24)/b19-13-/t15-/m0/s1. The number of hydrogen-bond donors (Lipinski definition) is 2. The normalized spacial score (nSPS) is 22.6. The van der Waals surface area contributed by atoms with Crippen LogP contribution >= 0.6 is 0 Å². The van der Waals surface area contributed by atoms with Gasteiger partial charge in [-0.3, -0.25) is 4.79 Å². The zero-order valence-corrected chi connectivity index (χ0v) is 15.5. The van der Waals surface area contributed by atoms with E-state index in [9.17, 15) is 4.79 Å². The Hall–Kier alpha value is -1.97. The molecule has 1 aliphatic carbocycles. The molecule has 0 aromatic carbocycles. The van der Waals surface area contributed by atoms with Crippen molar-refractivity contribution in [1.82, 2.24) is 10.3 Å². The molecule has 136 valence electrons. The summed E-state index contributed by atoms with van der Waals surface area (Å²) in [6.07, 6.45) is 15.0. The molecule has 4 heteroatoms. The molecule has 2 heterocycles. The van der Waals surface area contributed by atoms with Crippen LogP contribution in [0.15, 0.2) is 23.6 Å². The van der Waals surface area contributed by atoms with E-state index >= 15 is 0 Å². The maximum atomic E-state index is 11.6. The van der Waals surface area contributed by atoms with E-state index in [4.69, 9.17) is 4.74 Å². The lowest BCUT2D eigenvalue weighted by molar-refractivity contribution is -0.115. The van der Waals surface area contributed by atoms with Gasteiger partial charge in [0, 0.05) is 17.5 Å². The first-order valence-corrected chi connectivity index (χ1v) is 9.71. The molecule has 4 nitrogen and oxygen atoms in total. The van der Waals surface area contributed by atoms with Crippen LogP contribution < -0.4 is 5.32 Å². The Bertz CT molecular complexity index is 669. The number of H-pyrrole nitrogens is 1. The van der Waals surface area contributed by atoms with Crippen LogP contribution in [0.5, 0.6) is 0 Å². The Morgan fingerprint density at radius 1 is 1.28 bits per heavy atom. The maximum Gasteiger partial charge on any atom is 0.252 e. The molecule has 2 aliphatic rings. The first kappa shape index (κ1) is 17.8. The van der Waals surface area contributed by atoms with E-state index in [0.717, 1.165) is 17.8 Å². The molecule has 0 unspecified atom stereocenters. The molecule has 0 fully saturated rings. The Kier molecular flexibility index (Phi) is 6.00. The molecule has 1 amide bonds. The predicted octanol–water partition coefficient (Wildman–Crippen LogP) is 4.80. The maximum absolute atomic E-state index is 11.6. The number of unbranched alkanes of at least 4 members (excludes halogenated alkanes) is 1. The molecule has 0 saturated carbocycles. The lowest BCUT2D eigenvalue weighted by Gasteiger charge is -2.16. The minimum absolute atomic E-state index is 0.120. The van der Waals surface area contributed by atoms with Gasteiger partial charge in [-0.25, -0.2) is 0 Å². The SMILES string of the molecule is CCCC[C@H]1CCCCCCc2[nH]c(/C=C3\NC(=O)C=C3OC)cc21. The summed E-state index contributed by atoms with van der Waals surface area (Å²) >= 11 is 0. The number of carbonyl (C=O) groups excluding carboxylic acids is 1. The third kappa shape index (κ3) is 4.36. The Labute approximate surface area is 150 Å². The summed E-state index contributed by atoms with van der Waals surface area (Å²) in [7, 11) is 1.60. The van der Waals surface area contributed by atoms with Crippen LogP contribution in [0.25, 0.3) is 6.08 Å². The molecule has 0 saturated heterocycles. The predicted molar refractivity (Wildman–Crippen MR) is 101 cm³/mol. The van der Waals surface area contributed by atoms with E-state index in [0.29, 0.717) is 11.7 Å². The number of nitrogens with one attached hydrogen (secondary N) is 2. The number of fused-ring (bicyclic) bond motifs is 1. The van der Waals surface area contributed by atoms with Crippen molar-refractivity contribution >= 4 is 12.0 Å². The number of aryl methyl sites for hydroxylation is 1. The van der Waals surface area contributed by atoms with Gasteiger partial charge in [-0.1, -0.05) is 39.0 Å². The number of ether oxygens (including phenoxy) is 1. The van der Waals surface area contributed by atoms with E-state index < -0.39 is 0 Å². The average molecular weight is 342 g/mol. The van der Waals surface area contributed by atoms with Gasteiger partial charge < -0.3 is 15.0 Å². The lowest BCUT2D eigenvalue weighted by Crippen LogP contribution is -2.13. The summed E-state index contributed by atoms with van der Waals surface area (Å²) in [4.78, 5) is 15.2. The van der Waals surface area contributed by atoms with Gasteiger partial charge in [-0.2, -0.15) is 0 Å². The fraction of sp³-hybridized carbons (Fsp3) is 0.571. The molecule has 2 N–H and O–H groups in total. The van der Waals surface area contributed by atoms with Crippen LogP contribution in [-0.2, 0) is 16.0 Å². The summed E-state index contributed by atoms with van der Waals surface area (Å²) in [5.74, 6) is 1.14. The van der Waals surface area contributed by atoms with Crippen LogP contribution in [0, 0.1) is 0 Å². The molecular weight excluding hydrogens is 312 g/mol. The molecule has 1 aliphatic heterocycles. The summed E-state index contributed by atoms with van der Waals surface area (Å²) in [5, 5.41) is 2.85. The quantitative estimate of drug-likeness (QED) is 0.808. The van der Waals surface area contributed by atoms with Crippen molar-refractivity contribution < 1.29 is 9.53 Å². The largest absolute Gasteiger partial charge is 0.494 e. The summed E-state index contributed by atoms with van der Waals surface area (Å²) < 4.78 is 5.29. The van der Waals surface area contributed by atoms with E-state index in [2.05, 4.69) is 23.3 Å². The van der Waals surface area contributed by atoms with Gasteiger partial charge in [0.15, 0.2) is 0 Å². The van der Waals surface area contributed by atoms with Crippen molar-refractivity contribution in [2.75, 3.05) is 7.11 Å². The Balaban J connectivity index is 1.88. The lowest BCUT2D eigenvalue weighted by atomic mass is 9.89. The van der Waals surface area contributed by atoms with Crippen molar-refractivity contribution in [3.05, 3.63) is 40.5 Å². The average Bonchev–Trinajstić information content (AvgIpc) is 3.17. The highest BCUT2D eigenvalue weighted by molar-refractivity contribution is 5.95. The van der Waals surface area contributed by atoms with Crippen molar-refractivity contribution in [2.45, 2.75) is 70.6 Å². The number of amides is 1. The van der Waals surface area contributed by atoms with Gasteiger partial charge in [0.05, 0.1) is 12.8 Å². The van der Waals surface area contributed by atoms with Crippen molar-refractivity contribution in [1.29, 1.82) is 0 Å². The van der Waals surface area contributed by atoms with Crippen LogP contribution in [-0.4, -0.2) is 18.0 Å². The van der Waals surface area contributed by atoms with E-state index in [1.54, 1.807) is 7.11 Å². The molecule has 1 aromatic rings. The van der Waals surface area contributed by atoms with Crippen LogP contribution in [0.3, 0.4) is 0 Å². The van der Waals surface area contributed by atoms with Crippen LogP contribution in [0.4, 0.5) is 0 Å². The minimum atomic E-state index is -0.120. The number of methoxy groups -OCH3 is 1. The van der Waals surface area contributed by atoms with Gasteiger partial charge >= 0.3 is 0 Å². The number of aromatic amines is 1. The molecular formula is C21H30N2O2. The van der Waals surface area contributed by atoms with Gasteiger partial charge in [0.25, 0.3) is 5.91 Å². The smallest absolute Gasteiger partial charge is 0.252 e.